The SMILES string of the molecule is N#Cc1cccc(Nc2cnnc(N(Cc3ccccc3)c3ccccc3)n2)c1. The highest BCUT2D eigenvalue weighted by atomic mass is 15.3. The first-order valence-corrected chi connectivity index (χ1v) is 9.15. The lowest BCUT2D eigenvalue weighted by atomic mass is 10.2. The number of rotatable bonds is 6. The maximum Gasteiger partial charge on any atom is 0.252 e. The zero-order valence-corrected chi connectivity index (χ0v) is 15.6. The van der Waals surface area contributed by atoms with Gasteiger partial charge in [-0.25, -0.2) is 0 Å². The van der Waals surface area contributed by atoms with Crippen molar-refractivity contribution < 1.29 is 0 Å². The second-order valence-corrected chi connectivity index (χ2v) is 6.37. The molecule has 1 aromatic heterocycles. The Labute approximate surface area is 169 Å². The average molecular weight is 378 g/mol. The van der Waals surface area contributed by atoms with Crippen LogP contribution in [0.2, 0.25) is 0 Å². The summed E-state index contributed by atoms with van der Waals surface area (Å²) in [5.74, 6) is 1.04. The Kier molecular flexibility index (Phi) is 5.40. The lowest BCUT2D eigenvalue weighted by Crippen LogP contribution is -2.20. The number of hydrogen-bond acceptors (Lipinski definition) is 6. The largest absolute Gasteiger partial charge is 0.339 e. The van der Waals surface area contributed by atoms with Gasteiger partial charge in [0.05, 0.1) is 24.4 Å². The maximum absolute atomic E-state index is 9.09. The highest BCUT2D eigenvalue weighted by Gasteiger charge is 2.14. The minimum Gasteiger partial charge on any atom is -0.339 e. The molecule has 29 heavy (non-hydrogen) atoms. The molecule has 140 valence electrons. The van der Waals surface area contributed by atoms with Gasteiger partial charge in [-0.1, -0.05) is 54.6 Å². The topological polar surface area (TPSA) is 77.7 Å². The van der Waals surface area contributed by atoms with E-state index in [9.17, 15) is 0 Å². The van der Waals surface area contributed by atoms with Gasteiger partial charge in [-0.05, 0) is 35.9 Å². The third kappa shape index (κ3) is 4.54. The number of anilines is 4. The van der Waals surface area contributed by atoms with E-state index in [1.54, 1.807) is 18.3 Å². The van der Waals surface area contributed by atoms with E-state index in [-0.39, 0.29) is 0 Å². The monoisotopic (exact) mass is 378 g/mol. The molecule has 1 N–H and O–H groups in total. The van der Waals surface area contributed by atoms with E-state index in [0.29, 0.717) is 23.9 Å². The molecule has 0 aliphatic rings. The van der Waals surface area contributed by atoms with Crippen molar-refractivity contribution in [1.29, 1.82) is 5.26 Å². The summed E-state index contributed by atoms with van der Waals surface area (Å²) in [7, 11) is 0. The lowest BCUT2D eigenvalue weighted by Gasteiger charge is -2.22. The Bertz CT molecular complexity index is 1120. The summed E-state index contributed by atoms with van der Waals surface area (Å²) in [5, 5.41) is 20.7. The van der Waals surface area contributed by atoms with Crippen molar-refractivity contribution in [3.05, 3.63) is 102 Å². The summed E-state index contributed by atoms with van der Waals surface area (Å²) in [6.45, 7) is 0.611. The molecule has 6 nitrogen and oxygen atoms in total. The minimum atomic E-state index is 0.487. The number of para-hydroxylation sites is 1. The number of nitriles is 1. The third-order valence-electron chi connectivity index (χ3n) is 4.30. The second-order valence-electron chi connectivity index (χ2n) is 6.37. The van der Waals surface area contributed by atoms with Crippen LogP contribution in [0.25, 0.3) is 0 Å². The smallest absolute Gasteiger partial charge is 0.252 e. The Balaban J connectivity index is 1.66. The first-order chi connectivity index (χ1) is 14.3. The van der Waals surface area contributed by atoms with Crippen LogP contribution in [0.4, 0.5) is 23.1 Å². The van der Waals surface area contributed by atoms with E-state index in [1.807, 2.05) is 65.6 Å². The van der Waals surface area contributed by atoms with Crippen LogP contribution in [0.3, 0.4) is 0 Å². The number of nitrogens with zero attached hydrogens (tertiary/aromatic N) is 5. The molecule has 0 fully saturated rings. The Morgan fingerprint density at radius 1 is 0.897 bits per heavy atom. The quantitative estimate of drug-likeness (QED) is 0.518. The summed E-state index contributed by atoms with van der Waals surface area (Å²) >= 11 is 0. The van der Waals surface area contributed by atoms with Gasteiger partial charge in [-0.3, -0.25) is 0 Å². The van der Waals surface area contributed by atoms with Gasteiger partial charge in [0.25, 0.3) is 5.95 Å². The van der Waals surface area contributed by atoms with Crippen LogP contribution in [-0.4, -0.2) is 15.2 Å². The number of hydrogen-bond donors (Lipinski definition) is 1. The molecule has 0 unspecified atom stereocenters. The number of benzene rings is 3. The molecule has 0 radical (unpaired) electrons. The van der Waals surface area contributed by atoms with Gasteiger partial charge in [0.1, 0.15) is 0 Å². The Morgan fingerprint density at radius 3 is 2.41 bits per heavy atom. The number of nitrogens with one attached hydrogen (secondary N) is 1. The third-order valence-corrected chi connectivity index (χ3v) is 4.30. The van der Waals surface area contributed by atoms with E-state index in [2.05, 4.69) is 38.7 Å². The van der Waals surface area contributed by atoms with Crippen molar-refractivity contribution in [1.82, 2.24) is 15.2 Å². The fourth-order valence-corrected chi connectivity index (χ4v) is 2.93. The molecular weight excluding hydrogens is 360 g/mol. The molecule has 4 rings (SSSR count). The van der Waals surface area contributed by atoms with Gasteiger partial charge in [0.2, 0.25) is 0 Å². The van der Waals surface area contributed by atoms with Gasteiger partial charge in [0.15, 0.2) is 5.82 Å². The van der Waals surface area contributed by atoms with Crippen molar-refractivity contribution in [3.63, 3.8) is 0 Å². The van der Waals surface area contributed by atoms with E-state index in [4.69, 9.17) is 5.26 Å². The minimum absolute atomic E-state index is 0.487. The molecular formula is C23H18N6. The molecule has 0 amide bonds. The molecule has 0 saturated heterocycles. The molecule has 0 atom stereocenters. The maximum atomic E-state index is 9.09. The predicted octanol–water partition coefficient (Wildman–Crippen LogP) is 4.83. The summed E-state index contributed by atoms with van der Waals surface area (Å²) in [6.07, 6.45) is 1.56. The molecule has 3 aromatic carbocycles. The van der Waals surface area contributed by atoms with E-state index in [0.717, 1.165) is 16.9 Å². The molecule has 6 heteroatoms. The molecule has 0 aliphatic heterocycles. The van der Waals surface area contributed by atoms with Gasteiger partial charge in [-0.2, -0.15) is 15.3 Å². The zero-order chi connectivity index (χ0) is 19.9. The molecule has 0 aliphatic carbocycles. The van der Waals surface area contributed by atoms with Crippen LogP contribution in [0.5, 0.6) is 0 Å². The van der Waals surface area contributed by atoms with Crippen molar-refractivity contribution in [2.45, 2.75) is 6.54 Å². The van der Waals surface area contributed by atoms with Gasteiger partial charge >= 0.3 is 0 Å². The normalized spacial score (nSPS) is 10.2. The molecule has 0 saturated carbocycles. The first-order valence-electron chi connectivity index (χ1n) is 9.15. The van der Waals surface area contributed by atoms with Crippen LogP contribution in [0.15, 0.2) is 91.1 Å². The molecule has 0 spiro atoms. The summed E-state index contributed by atoms with van der Waals surface area (Å²) in [6, 6.07) is 29.5. The van der Waals surface area contributed by atoms with Crippen molar-refractivity contribution in [2.75, 3.05) is 10.2 Å². The number of aromatic nitrogens is 3. The van der Waals surface area contributed by atoms with Crippen LogP contribution in [0.1, 0.15) is 11.1 Å². The standard InChI is InChI=1S/C23H18N6/c24-15-19-10-7-11-20(14-19)26-22-16-25-28-23(27-22)29(21-12-5-2-6-13-21)17-18-8-3-1-4-9-18/h1-14,16H,17H2,(H,26,27,28). The van der Waals surface area contributed by atoms with Crippen molar-refractivity contribution in [2.24, 2.45) is 0 Å². The Morgan fingerprint density at radius 2 is 1.66 bits per heavy atom. The summed E-state index contributed by atoms with van der Waals surface area (Å²) < 4.78 is 0. The fourth-order valence-electron chi connectivity index (χ4n) is 2.93. The fraction of sp³-hybridized carbons (Fsp3) is 0.0435. The second kappa shape index (κ2) is 8.63. The van der Waals surface area contributed by atoms with Crippen LogP contribution >= 0.6 is 0 Å². The van der Waals surface area contributed by atoms with Crippen LogP contribution < -0.4 is 10.2 Å². The van der Waals surface area contributed by atoms with E-state index >= 15 is 0 Å². The predicted molar refractivity (Wildman–Crippen MR) is 113 cm³/mol. The molecule has 0 bridgehead atoms. The Hall–Kier alpha value is -4.24. The zero-order valence-electron chi connectivity index (χ0n) is 15.6. The summed E-state index contributed by atoms with van der Waals surface area (Å²) in [5.41, 5.74) is 3.46. The first kappa shape index (κ1) is 18.1. The van der Waals surface area contributed by atoms with E-state index in [1.165, 1.54) is 0 Å². The van der Waals surface area contributed by atoms with E-state index < -0.39 is 0 Å². The van der Waals surface area contributed by atoms with Crippen molar-refractivity contribution >= 4 is 23.1 Å². The van der Waals surface area contributed by atoms with Crippen LogP contribution in [0, 0.1) is 11.3 Å². The van der Waals surface area contributed by atoms with Gasteiger partial charge in [0, 0.05) is 11.4 Å². The molecule has 1 heterocycles. The lowest BCUT2D eigenvalue weighted by molar-refractivity contribution is 0.865. The molecule has 4 aromatic rings. The average Bonchev–Trinajstić information content (AvgIpc) is 2.79. The van der Waals surface area contributed by atoms with Gasteiger partial charge < -0.3 is 10.2 Å². The van der Waals surface area contributed by atoms with Crippen molar-refractivity contribution in [3.8, 4) is 6.07 Å². The highest BCUT2D eigenvalue weighted by Crippen LogP contribution is 2.25. The highest BCUT2D eigenvalue weighted by molar-refractivity contribution is 5.61. The summed E-state index contributed by atoms with van der Waals surface area (Å²) in [4.78, 5) is 6.67. The van der Waals surface area contributed by atoms with Gasteiger partial charge in [-0.15, -0.1) is 5.10 Å². The van der Waals surface area contributed by atoms with Crippen LogP contribution in [-0.2, 0) is 6.54 Å².